The summed E-state index contributed by atoms with van der Waals surface area (Å²) in [5.41, 5.74) is 2.18. The van der Waals surface area contributed by atoms with Crippen molar-refractivity contribution < 1.29 is 9.59 Å². The Morgan fingerprint density at radius 1 is 1.21 bits per heavy atom. The van der Waals surface area contributed by atoms with E-state index in [0.29, 0.717) is 24.2 Å². The van der Waals surface area contributed by atoms with Gasteiger partial charge >= 0.3 is 6.03 Å². The molecule has 1 atom stereocenters. The summed E-state index contributed by atoms with van der Waals surface area (Å²) in [6.45, 7) is 0. The Morgan fingerprint density at radius 3 is 2.88 bits per heavy atom. The zero-order valence-corrected chi connectivity index (χ0v) is 13.2. The molecule has 3 aliphatic rings. The highest BCUT2D eigenvalue weighted by Crippen LogP contribution is 2.39. The van der Waals surface area contributed by atoms with Crippen molar-refractivity contribution in [3.8, 4) is 0 Å². The van der Waals surface area contributed by atoms with E-state index < -0.39 is 0 Å². The summed E-state index contributed by atoms with van der Waals surface area (Å²) in [7, 11) is 0. The molecule has 122 valence electrons. The van der Waals surface area contributed by atoms with Gasteiger partial charge in [0, 0.05) is 42.8 Å². The number of hydrogen-bond acceptors (Lipinski definition) is 4. The van der Waals surface area contributed by atoms with Crippen LogP contribution in [0.1, 0.15) is 25.7 Å². The molecule has 1 unspecified atom stereocenters. The summed E-state index contributed by atoms with van der Waals surface area (Å²) in [6.07, 6.45) is 13.8. The maximum atomic E-state index is 12.9. The van der Waals surface area contributed by atoms with E-state index in [1.807, 2.05) is 24.4 Å². The lowest BCUT2D eigenvalue weighted by Gasteiger charge is -2.30. The number of pyridine rings is 1. The minimum atomic E-state index is -0.278. The van der Waals surface area contributed by atoms with Crippen LogP contribution in [-0.2, 0) is 4.79 Å². The van der Waals surface area contributed by atoms with E-state index in [9.17, 15) is 9.59 Å². The fourth-order valence-electron chi connectivity index (χ4n) is 3.48. The molecule has 0 fully saturated rings. The average Bonchev–Trinajstić information content (AvgIpc) is 2.74. The summed E-state index contributed by atoms with van der Waals surface area (Å²) >= 11 is 0. The van der Waals surface area contributed by atoms with Crippen molar-refractivity contribution in [2.45, 2.75) is 31.8 Å². The van der Waals surface area contributed by atoms with Crippen molar-refractivity contribution in [1.82, 2.24) is 14.8 Å². The standard InChI is InChI=1S/C18H18N4O2/c23-15-6-4-5-14-17(15)22(16-7-2-1-3-12-21(14)16)18(24)20-13-8-10-19-11-9-13/h1-3,8-12,16H,4-7H2,(H,19,20,24). The van der Waals surface area contributed by atoms with Crippen molar-refractivity contribution in [1.29, 1.82) is 0 Å². The molecule has 0 spiro atoms. The number of amides is 2. The van der Waals surface area contributed by atoms with E-state index in [0.717, 1.165) is 18.5 Å². The van der Waals surface area contributed by atoms with Crippen molar-refractivity contribution in [2.75, 3.05) is 5.32 Å². The largest absolute Gasteiger partial charge is 0.328 e. The Bertz CT molecular complexity index is 766. The first-order chi connectivity index (χ1) is 11.8. The lowest BCUT2D eigenvalue weighted by Crippen LogP contribution is -2.44. The highest BCUT2D eigenvalue weighted by atomic mass is 16.2. The molecular formula is C18H18N4O2. The van der Waals surface area contributed by atoms with E-state index in [2.05, 4.69) is 15.2 Å². The second kappa shape index (κ2) is 5.96. The van der Waals surface area contributed by atoms with Crippen LogP contribution in [0.25, 0.3) is 0 Å². The topological polar surface area (TPSA) is 65.5 Å². The number of fused-ring (bicyclic) bond motifs is 2. The number of carbonyl (C=O) groups is 2. The zero-order valence-electron chi connectivity index (χ0n) is 13.2. The summed E-state index contributed by atoms with van der Waals surface area (Å²) in [5.74, 6) is 0.0478. The number of Topliss-reactive ketones (excluding diaryl/α,β-unsaturated/α-hetero) is 1. The Balaban J connectivity index is 1.70. The normalized spacial score (nSPS) is 22.3. The summed E-state index contributed by atoms with van der Waals surface area (Å²) in [5, 5.41) is 2.88. The van der Waals surface area contributed by atoms with E-state index in [-0.39, 0.29) is 18.0 Å². The first kappa shape index (κ1) is 14.7. The van der Waals surface area contributed by atoms with Crippen LogP contribution in [0.3, 0.4) is 0 Å². The van der Waals surface area contributed by atoms with Crippen molar-refractivity contribution in [3.63, 3.8) is 0 Å². The van der Waals surface area contributed by atoms with Gasteiger partial charge in [-0.15, -0.1) is 0 Å². The van der Waals surface area contributed by atoms with Gasteiger partial charge in [-0.2, -0.15) is 0 Å². The van der Waals surface area contributed by atoms with Crippen LogP contribution in [0.4, 0.5) is 10.5 Å². The minimum absolute atomic E-state index is 0.0478. The average molecular weight is 322 g/mol. The van der Waals surface area contributed by atoms with Crippen molar-refractivity contribution >= 4 is 17.5 Å². The van der Waals surface area contributed by atoms with Crippen LogP contribution in [-0.4, -0.2) is 32.8 Å². The number of hydrogen-bond donors (Lipinski definition) is 1. The number of aromatic nitrogens is 1. The number of rotatable bonds is 1. The zero-order chi connectivity index (χ0) is 16.5. The summed E-state index contributed by atoms with van der Waals surface area (Å²) in [6, 6.07) is 3.19. The Morgan fingerprint density at radius 2 is 2.04 bits per heavy atom. The van der Waals surface area contributed by atoms with Crippen LogP contribution in [0.5, 0.6) is 0 Å². The molecule has 6 heteroatoms. The molecule has 1 aliphatic carbocycles. The molecule has 0 saturated carbocycles. The Labute approximate surface area is 140 Å². The van der Waals surface area contributed by atoms with E-state index >= 15 is 0 Å². The van der Waals surface area contributed by atoms with Gasteiger partial charge in [0.05, 0.1) is 0 Å². The van der Waals surface area contributed by atoms with Gasteiger partial charge in [-0.25, -0.2) is 4.79 Å². The van der Waals surface area contributed by atoms with Crippen LogP contribution >= 0.6 is 0 Å². The van der Waals surface area contributed by atoms with Gasteiger partial charge in [0.15, 0.2) is 5.78 Å². The van der Waals surface area contributed by atoms with Crippen LogP contribution in [0.2, 0.25) is 0 Å². The summed E-state index contributed by atoms with van der Waals surface area (Å²) in [4.78, 5) is 33.1. The van der Waals surface area contributed by atoms with Gasteiger partial charge in [0.1, 0.15) is 11.9 Å². The molecule has 0 aromatic carbocycles. The third-order valence-corrected chi connectivity index (χ3v) is 4.52. The van der Waals surface area contributed by atoms with Crippen molar-refractivity contribution in [2.24, 2.45) is 0 Å². The third-order valence-electron chi connectivity index (χ3n) is 4.52. The molecule has 2 amide bonds. The SMILES string of the molecule is O=C1CCCC2=C1N(C(=O)Nc1ccncc1)C1CC=CC=CN21. The number of anilines is 1. The van der Waals surface area contributed by atoms with E-state index in [4.69, 9.17) is 0 Å². The number of nitrogens with zero attached hydrogens (tertiary/aromatic N) is 3. The lowest BCUT2D eigenvalue weighted by atomic mass is 10.00. The molecule has 6 nitrogen and oxygen atoms in total. The van der Waals surface area contributed by atoms with Gasteiger partial charge in [-0.05, 0) is 31.1 Å². The van der Waals surface area contributed by atoms with Crippen LogP contribution < -0.4 is 5.32 Å². The predicted octanol–water partition coefficient (Wildman–Crippen LogP) is 3.00. The fraction of sp³-hybridized carbons (Fsp3) is 0.278. The Kier molecular flexibility index (Phi) is 3.65. The Hall–Kier alpha value is -2.89. The number of nitrogens with one attached hydrogen (secondary N) is 1. The fourth-order valence-corrected chi connectivity index (χ4v) is 3.48. The maximum absolute atomic E-state index is 12.9. The molecule has 24 heavy (non-hydrogen) atoms. The van der Waals surface area contributed by atoms with Crippen LogP contribution in [0, 0.1) is 0 Å². The molecule has 0 radical (unpaired) electrons. The molecule has 0 saturated heterocycles. The summed E-state index contributed by atoms with van der Waals surface area (Å²) < 4.78 is 0. The molecule has 1 aromatic heterocycles. The molecule has 1 aromatic rings. The highest BCUT2D eigenvalue weighted by molar-refractivity contribution is 6.03. The molecule has 3 heterocycles. The number of urea groups is 1. The van der Waals surface area contributed by atoms with Gasteiger partial charge in [-0.3, -0.25) is 14.7 Å². The van der Waals surface area contributed by atoms with E-state index in [1.165, 1.54) is 0 Å². The van der Waals surface area contributed by atoms with Gasteiger partial charge in [0.2, 0.25) is 0 Å². The first-order valence-electron chi connectivity index (χ1n) is 8.14. The second-order valence-corrected chi connectivity index (χ2v) is 6.00. The number of ketones is 1. The lowest BCUT2D eigenvalue weighted by molar-refractivity contribution is -0.117. The molecule has 0 bridgehead atoms. The second-order valence-electron chi connectivity index (χ2n) is 6.00. The molecular weight excluding hydrogens is 304 g/mol. The monoisotopic (exact) mass is 322 g/mol. The number of allylic oxidation sites excluding steroid dienone is 4. The minimum Gasteiger partial charge on any atom is -0.328 e. The predicted molar refractivity (Wildman–Crippen MR) is 89.5 cm³/mol. The molecule has 4 rings (SSSR count). The maximum Gasteiger partial charge on any atom is 0.328 e. The van der Waals surface area contributed by atoms with Gasteiger partial charge in [-0.1, -0.05) is 12.2 Å². The third kappa shape index (κ3) is 2.40. The number of carbonyl (C=O) groups excluding carboxylic acids is 2. The smallest absolute Gasteiger partial charge is 0.328 e. The van der Waals surface area contributed by atoms with Gasteiger partial charge < -0.3 is 10.2 Å². The molecule has 2 aliphatic heterocycles. The van der Waals surface area contributed by atoms with Crippen molar-refractivity contribution in [3.05, 3.63) is 60.3 Å². The van der Waals surface area contributed by atoms with E-state index in [1.54, 1.807) is 29.4 Å². The first-order valence-corrected chi connectivity index (χ1v) is 8.14. The van der Waals surface area contributed by atoms with Crippen LogP contribution in [0.15, 0.2) is 60.3 Å². The van der Waals surface area contributed by atoms with Gasteiger partial charge in [0.25, 0.3) is 0 Å². The molecule has 1 N–H and O–H groups in total. The highest BCUT2D eigenvalue weighted by Gasteiger charge is 2.44. The quantitative estimate of drug-likeness (QED) is 0.863.